The lowest BCUT2D eigenvalue weighted by molar-refractivity contribution is 0.463. The predicted molar refractivity (Wildman–Crippen MR) is 131 cm³/mol. The van der Waals surface area contributed by atoms with Crippen molar-refractivity contribution in [2.45, 2.75) is 0 Å². The predicted octanol–water partition coefficient (Wildman–Crippen LogP) is 9.12. The van der Waals surface area contributed by atoms with E-state index in [-0.39, 0.29) is 0 Å². The van der Waals surface area contributed by atoms with Crippen LogP contribution in [0.1, 0.15) is 0 Å². The number of rotatable bonds is 4. The van der Waals surface area contributed by atoms with Crippen LogP contribution in [0.4, 0.5) is 70.2 Å². The minimum absolute atomic E-state index is 0.399. The lowest BCUT2D eigenvalue weighted by Crippen LogP contribution is -2.31. The number of benzene rings is 4. The maximum absolute atomic E-state index is 15.2. The van der Waals surface area contributed by atoms with E-state index in [9.17, 15) is 35.1 Å². The molecule has 4 aromatic carbocycles. The topological polar surface area (TPSA) is 0 Å². The molecule has 20 heteroatoms. The highest BCUT2D eigenvalue weighted by Gasteiger charge is 2.61. The van der Waals surface area contributed by atoms with Crippen molar-refractivity contribution in [3.05, 3.63) is 117 Å². The molecule has 4 aromatic rings. The van der Waals surface area contributed by atoms with E-state index in [2.05, 4.69) is 0 Å². The van der Waals surface area contributed by atoms with Gasteiger partial charge in [0.25, 0.3) is 0 Å². The molecule has 0 aliphatic carbocycles. The average molecular weight is 720 g/mol. The molecule has 5 rings (SSSR count). The summed E-state index contributed by atoms with van der Waals surface area (Å²) in [6.45, 7) is 0. The molecule has 44 heavy (non-hydrogen) atoms. The molecule has 0 nitrogen and oxygen atoms in total. The van der Waals surface area contributed by atoms with Gasteiger partial charge in [0.05, 0.1) is 21.2 Å². The smallest absolute Gasteiger partial charge is 0.170 e. The van der Waals surface area contributed by atoms with Crippen molar-refractivity contribution in [1.29, 1.82) is 0 Å². The Hall–Kier alpha value is -2.52. The molecule has 1 fully saturated rings. The Labute approximate surface area is 238 Å². The van der Waals surface area contributed by atoms with Crippen molar-refractivity contribution in [3.63, 3.8) is 0 Å². The number of hydrogen-bond acceptors (Lipinski definition) is 0. The molecule has 0 saturated carbocycles. The summed E-state index contributed by atoms with van der Waals surface area (Å²) in [7, 11) is -15.4. The van der Waals surface area contributed by atoms with Gasteiger partial charge in [0.15, 0.2) is 93.1 Å². The highest BCUT2D eigenvalue weighted by atomic mass is 33.0. The van der Waals surface area contributed by atoms with Gasteiger partial charge in [-0.1, -0.05) is 0 Å². The maximum Gasteiger partial charge on any atom is 0.170 e. The molecule has 232 valence electrons. The van der Waals surface area contributed by atoms with Gasteiger partial charge < -0.3 is 0 Å². The summed E-state index contributed by atoms with van der Waals surface area (Å²) in [5, 5.41) is -7.73. The van der Waals surface area contributed by atoms with E-state index >= 15 is 35.1 Å². The van der Waals surface area contributed by atoms with Crippen LogP contribution >= 0.6 is 29.2 Å². The molecule has 0 atom stereocenters. The second kappa shape index (κ2) is 11.7. The first-order chi connectivity index (χ1) is 20.5. The summed E-state index contributed by atoms with van der Waals surface area (Å²) in [5.74, 6) is -37.4. The largest absolute Gasteiger partial charge is 0.204 e. The fraction of sp³-hybridized carbons (Fsp3) is 0. The highest BCUT2D eigenvalue weighted by molar-refractivity contribution is 9.13. The molecule has 0 amide bonds. The van der Waals surface area contributed by atoms with Crippen molar-refractivity contribution >= 4 is 50.4 Å². The second-order valence-electron chi connectivity index (χ2n) is 8.42. The molecule has 1 heterocycles. The third kappa shape index (κ3) is 4.88. The molecule has 1 saturated heterocycles. The van der Waals surface area contributed by atoms with Crippen molar-refractivity contribution in [2.75, 3.05) is 0 Å². The van der Waals surface area contributed by atoms with Crippen LogP contribution in [0.3, 0.4) is 0 Å². The van der Waals surface area contributed by atoms with Gasteiger partial charge in [-0.2, -0.15) is 0 Å². The Kier molecular flexibility index (Phi) is 8.73. The van der Waals surface area contributed by atoms with E-state index in [0.717, 1.165) is 0 Å². The minimum atomic E-state index is -3.84. The minimum Gasteiger partial charge on any atom is -0.204 e. The number of halogens is 16. The molecule has 0 bridgehead atoms. The SMILES string of the molecule is Fc1cc(F)c(F)c(P2P(c3c(F)c(F)cc(F)c3F)P(c3c(F)c(F)cc(F)c3F)P2c2c(F)c(F)cc(F)c2F)c1F. The second-order valence-corrected chi connectivity index (χ2v) is 25.9. The molecule has 0 N–H and O–H groups in total. The van der Waals surface area contributed by atoms with E-state index in [1.807, 2.05) is 0 Å². The Morgan fingerprint density at radius 2 is 0.341 bits per heavy atom. The van der Waals surface area contributed by atoms with Crippen LogP contribution in [0, 0.1) is 93.1 Å². The monoisotopic (exact) mass is 720 g/mol. The quantitative estimate of drug-likeness (QED) is 0.112. The summed E-state index contributed by atoms with van der Waals surface area (Å²) in [5.41, 5.74) is 0. The molecule has 1 aliphatic rings. The maximum atomic E-state index is 15.2. The zero-order valence-corrected chi connectivity index (χ0v) is 23.7. The fourth-order valence-corrected chi connectivity index (χ4v) is 41.3. The molecule has 0 spiro atoms. The first-order valence-corrected chi connectivity index (χ1v) is 19.2. The lowest BCUT2D eigenvalue weighted by atomic mass is 10.3. The highest BCUT2D eigenvalue weighted by Crippen LogP contribution is 3.18. The van der Waals surface area contributed by atoms with E-state index in [1.165, 1.54) is 0 Å². The summed E-state index contributed by atoms with van der Waals surface area (Å²) in [6, 6.07) is -1.60. The third-order valence-corrected chi connectivity index (χ3v) is 37.5. The molecular weight excluding hydrogens is 716 g/mol. The molecule has 1 aliphatic heterocycles. The zero-order chi connectivity index (χ0) is 32.7. The zero-order valence-electron chi connectivity index (χ0n) is 20.1. The molecule has 0 aromatic heterocycles. The van der Waals surface area contributed by atoms with Gasteiger partial charge in [-0.15, -0.1) is 0 Å². The van der Waals surface area contributed by atoms with Gasteiger partial charge in [0.2, 0.25) is 0 Å². The first-order valence-electron chi connectivity index (χ1n) is 11.0. The Balaban J connectivity index is 2.01. The van der Waals surface area contributed by atoms with Crippen molar-refractivity contribution in [1.82, 2.24) is 0 Å². The summed E-state index contributed by atoms with van der Waals surface area (Å²) in [4.78, 5) is 0. The van der Waals surface area contributed by atoms with E-state index in [4.69, 9.17) is 0 Å². The Morgan fingerprint density at radius 3 is 0.455 bits per heavy atom. The van der Waals surface area contributed by atoms with Crippen molar-refractivity contribution < 1.29 is 70.2 Å². The normalized spacial score (nSPS) is 19.8. The van der Waals surface area contributed by atoms with Crippen molar-refractivity contribution in [2.24, 2.45) is 0 Å². The first kappa shape index (κ1) is 32.9. The van der Waals surface area contributed by atoms with E-state index in [0.29, 0.717) is 0 Å². The average Bonchev–Trinajstić information content (AvgIpc) is 2.95. The van der Waals surface area contributed by atoms with Crippen LogP contribution in [0.2, 0.25) is 0 Å². The van der Waals surface area contributed by atoms with Gasteiger partial charge in [-0.3, -0.25) is 0 Å². The van der Waals surface area contributed by atoms with Gasteiger partial charge in [-0.25, -0.2) is 70.2 Å². The van der Waals surface area contributed by atoms with Gasteiger partial charge in [0.1, 0.15) is 0 Å². The van der Waals surface area contributed by atoms with Crippen LogP contribution in [0.5, 0.6) is 0 Å². The third-order valence-electron chi connectivity index (χ3n) is 5.87. The van der Waals surface area contributed by atoms with E-state index in [1.54, 1.807) is 0 Å². The summed E-state index contributed by atoms with van der Waals surface area (Å²) >= 11 is 0. The van der Waals surface area contributed by atoms with Crippen LogP contribution in [0.25, 0.3) is 0 Å². The molecule has 0 unspecified atom stereocenters. The van der Waals surface area contributed by atoms with Gasteiger partial charge in [-0.05, 0) is 0 Å². The van der Waals surface area contributed by atoms with Crippen LogP contribution in [-0.4, -0.2) is 0 Å². The van der Waals surface area contributed by atoms with Crippen LogP contribution < -0.4 is 21.2 Å². The van der Waals surface area contributed by atoms with E-state index < -0.39 is 168 Å². The van der Waals surface area contributed by atoms with Gasteiger partial charge in [0, 0.05) is 53.5 Å². The standard InChI is InChI=1S/C24H4F16P4/c25-5-1-6(26)14(34)21(13(5)33)41-42(22-15(35)7(27)2-8(28)16(22)36)44(24-19(39)11(31)4-12(32)20(24)40)43(41)23-17(37)9(29)3-10(30)18(23)38/h1-4H. The number of hydrogen-bond donors (Lipinski definition) is 0. The van der Waals surface area contributed by atoms with Gasteiger partial charge >= 0.3 is 0 Å². The summed E-state index contributed by atoms with van der Waals surface area (Å²) < 4.78 is 236. The van der Waals surface area contributed by atoms with Crippen LogP contribution in [0.15, 0.2) is 24.3 Å². The fourth-order valence-electron chi connectivity index (χ4n) is 3.99. The Morgan fingerprint density at radius 1 is 0.227 bits per heavy atom. The molecular formula is C24H4F16P4. The van der Waals surface area contributed by atoms with Crippen molar-refractivity contribution in [3.8, 4) is 0 Å². The van der Waals surface area contributed by atoms with Crippen LogP contribution in [-0.2, 0) is 0 Å². The lowest BCUT2D eigenvalue weighted by Gasteiger charge is -2.53. The molecule has 0 radical (unpaired) electrons. The Bertz CT molecular complexity index is 1500. The summed E-state index contributed by atoms with van der Waals surface area (Å²) in [6.07, 6.45) is 0.